The van der Waals surface area contributed by atoms with Gasteiger partial charge in [-0.2, -0.15) is 0 Å². The van der Waals surface area contributed by atoms with Crippen LogP contribution in [-0.2, 0) is 9.59 Å². The summed E-state index contributed by atoms with van der Waals surface area (Å²) < 4.78 is 5.53. The number of carbonyl (C=O) groups is 2. The van der Waals surface area contributed by atoms with Crippen LogP contribution in [0.15, 0.2) is 18.2 Å². The maximum atomic E-state index is 12.2. The number of nitrogens with one attached hydrogen (secondary N) is 1. The lowest BCUT2D eigenvalue weighted by Gasteiger charge is -2.42. The number of halogens is 2. The van der Waals surface area contributed by atoms with Gasteiger partial charge >= 0.3 is 5.97 Å². The fourth-order valence-corrected chi connectivity index (χ4v) is 2.96. The molecule has 0 bridgehead atoms. The molecule has 0 saturated heterocycles. The van der Waals surface area contributed by atoms with Crippen molar-refractivity contribution in [3.63, 3.8) is 0 Å². The van der Waals surface area contributed by atoms with E-state index < -0.39 is 17.6 Å². The van der Waals surface area contributed by atoms with E-state index in [1.807, 2.05) is 0 Å². The van der Waals surface area contributed by atoms with E-state index in [-0.39, 0.29) is 12.3 Å². The molecule has 120 valence electrons. The van der Waals surface area contributed by atoms with Gasteiger partial charge in [0.05, 0.1) is 12.0 Å². The highest BCUT2D eigenvalue weighted by Crippen LogP contribution is 2.35. The standard InChI is InChI=1S/C15H17Cl2NO4/c1-9(22-12-6-10(16)5-11(17)7-12)14(21)18-15(3-2-4-15)8-13(19)20/h5-7,9H,2-4,8H2,1H3,(H,18,21)(H,19,20). The molecule has 2 N–H and O–H groups in total. The topological polar surface area (TPSA) is 75.6 Å². The molecular weight excluding hydrogens is 329 g/mol. The van der Waals surface area contributed by atoms with E-state index in [0.29, 0.717) is 28.6 Å². The largest absolute Gasteiger partial charge is 0.481 e. The quantitative estimate of drug-likeness (QED) is 0.829. The van der Waals surface area contributed by atoms with Gasteiger partial charge in [0.15, 0.2) is 6.10 Å². The molecule has 0 spiro atoms. The van der Waals surface area contributed by atoms with Crippen LogP contribution in [0.5, 0.6) is 5.75 Å². The zero-order chi connectivity index (χ0) is 16.3. The molecular formula is C15H17Cl2NO4. The Hall–Kier alpha value is -1.46. The highest BCUT2D eigenvalue weighted by atomic mass is 35.5. The molecule has 0 radical (unpaired) electrons. The number of carboxylic acid groups (broad SMARTS) is 1. The summed E-state index contributed by atoms with van der Waals surface area (Å²) in [5.41, 5.74) is -0.646. The van der Waals surface area contributed by atoms with Gasteiger partial charge in [-0.25, -0.2) is 0 Å². The number of hydrogen-bond donors (Lipinski definition) is 2. The zero-order valence-corrected chi connectivity index (χ0v) is 13.6. The monoisotopic (exact) mass is 345 g/mol. The van der Waals surface area contributed by atoms with Crippen molar-refractivity contribution in [2.75, 3.05) is 0 Å². The molecule has 1 atom stereocenters. The second-order valence-corrected chi connectivity index (χ2v) is 6.43. The molecule has 1 fully saturated rings. The van der Waals surface area contributed by atoms with Gasteiger partial charge in [0.2, 0.25) is 0 Å². The summed E-state index contributed by atoms with van der Waals surface area (Å²) in [5.74, 6) is -0.881. The SMILES string of the molecule is CC(Oc1cc(Cl)cc(Cl)c1)C(=O)NC1(CC(=O)O)CCC1. The third-order valence-electron chi connectivity index (χ3n) is 3.71. The minimum Gasteiger partial charge on any atom is -0.481 e. The van der Waals surface area contributed by atoms with E-state index in [1.165, 1.54) is 0 Å². The lowest BCUT2D eigenvalue weighted by atomic mass is 9.74. The molecule has 1 aliphatic carbocycles. The number of carbonyl (C=O) groups excluding carboxylic acids is 1. The minimum atomic E-state index is -0.921. The number of rotatable bonds is 6. The predicted octanol–water partition coefficient (Wildman–Crippen LogP) is 3.27. The Morgan fingerprint density at radius 3 is 2.36 bits per heavy atom. The molecule has 1 aromatic rings. The van der Waals surface area contributed by atoms with Crippen molar-refractivity contribution >= 4 is 35.1 Å². The second-order valence-electron chi connectivity index (χ2n) is 5.56. The molecule has 7 heteroatoms. The van der Waals surface area contributed by atoms with Gasteiger partial charge in [0.1, 0.15) is 5.75 Å². The molecule has 1 amide bonds. The maximum Gasteiger partial charge on any atom is 0.305 e. The van der Waals surface area contributed by atoms with Crippen molar-refractivity contribution in [2.24, 2.45) is 0 Å². The van der Waals surface area contributed by atoms with Crippen LogP contribution in [0.3, 0.4) is 0 Å². The average molecular weight is 346 g/mol. The first-order valence-corrected chi connectivity index (χ1v) is 7.72. The Kier molecular flexibility index (Phi) is 5.19. The van der Waals surface area contributed by atoms with Gasteiger partial charge in [-0.15, -0.1) is 0 Å². The van der Waals surface area contributed by atoms with Crippen molar-refractivity contribution in [2.45, 2.75) is 44.2 Å². The fourth-order valence-electron chi connectivity index (χ4n) is 2.46. The number of carboxylic acids is 1. The van der Waals surface area contributed by atoms with Crippen molar-refractivity contribution < 1.29 is 19.4 Å². The molecule has 1 aliphatic rings. The number of benzene rings is 1. The van der Waals surface area contributed by atoms with Gasteiger partial charge < -0.3 is 15.2 Å². The molecule has 2 rings (SSSR count). The van der Waals surface area contributed by atoms with Crippen LogP contribution in [0, 0.1) is 0 Å². The number of aliphatic carboxylic acids is 1. The highest BCUT2D eigenvalue weighted by Gasteiger charge is 2.41. The van der Waals surface area contributed by atoms with E-state index in [2.05, 4.69) is 5.32 Å². The molecule has 0 aliphatic heterocycles. The van der Waals surface area contributed by atoms with Gasteiger partial charge in [0.25, 0.3) is 5.91 Å². The summed E-state index contributed by atoms with van der Waals surface area (Å²) in [7, 11) is 0. The molecule has 1 aromatic carbocycles. The van der Waals surface area contributed by atoms with E-state index >= 15 is 0 Å². The molecule has 22 heavy (non-hydrogen) atoms. The predicted molar refractivity (Wildman–Crippen MR) is 83.5 cm³/mol. The van der Waals surface area contributed by atoms with Crippen LogP contribution >= 0.6 is 23.2 Å². The van der Waals surface area contributed by atoms with E-state index in [1.54, 1.807) is 25.1 Å². The van der Waals surface area contributed by atoms with E-state index in [9.17, 15) is 9.59 Å². The number of ether oxygens (including phenoxy) is 1. The molecule has 5 nitrogen and oxygen atoms in total. The van der Waals surface area contributed by atoms with Crippen LogP contribution in [0.4, 0.5) is 0 Å². The summed E-state index contributed by atoms with van der Waals surface area (Å²) in [6.07, 6.45) is 1.39. The first-order valence-electron chi connectivity index (χ1n) is 6.96. The summed E-state index contributed by atoms with van der Waals surface area (Å²) in [4.78, 5) is 23.1. The Balaban J connectivity index is 1.98. The summed E-state index contributed by atoms with van der Waals surface area (Å²) in [6, 6.07) is 4.69. The van der Waals surface area contributed by atoms with Crippen LogP contribution < -0.4 is 10.1 Å². The smallest absolute Gasteiger partial charge is 0.305 e. The fraction of sp³-hybridized carbons (Fsp3) is 0.467. The van der Waals surface area contributed by atoms with Crippen LogP contribution in [0.1, 0.15) is 32.6 Å². The molecule has 1 saturated carbocycles. The average Bonchev–Trinajstić information content (AvgIpc) is 2.33. The van der Waals surface area contributed by atoms with Gasteiger partial charge in [-0.1, -0.05) is 23.2 Å². The zero-order valence-electron chi connectivity index (χ0n) is 12.1. The van der Waals surface area contributed by atoms with Crippen LogP contribution in [0.2, 0.25) is 10.0 Å². The van der Waals surface area contributed by atoms with Crippen molar-refractivity contribution in [1.82, 2.24) is 5.32 Å². The Labute approximate surface area is 138 Å². The van der Waals surface area contributed by atoms with Crippen molar-refractivity contribution in [3.8, 4) is 5.75 Å². The molecule has 1 unspecified atom stereocenters. The lowest BCUT2D eigenvalue weighted by Crippen LogP contribution is -2.57. The number of hydrogen-bond acceptors (Lipinski definition) is 3. The third kappa shape index (κ3) is 4.27. The first kappa shape index (κ1) is 16.9. The van der Waals surface area contributed by atoms with Crippen LogP contribution in [-0.4, -0.2) is 28.6 Å². The Morgan fingerprint density at radius 1 is 1.32 bits per heavy atom. The number of amides is 1. The van der Waals surface area contributed by atoms with E-state index in [4.69, 9.17) is 33.0 Å². The minimum absolute atomic E-state index is 0.0749. The summed E-state index contributed by atoms with van der Waals surface area (Å²) >= 11 is 11.8. The van der Waals surface area contributed by atoms with E-state index in [0.717, 1.165) is 6.42 Å². The van der Waals surface area contributed by atoms with Crippen LogP contribution in [0.25, 0.3) is 0 Å². The second kappa shape index (κ2) is 6.75. The summed E-state index contributed by atoms with van der Waals surface area (Å²) in [5, 5.41) is 12.6. The Morgan fingerprint density at radius 2 is 1.91 bits per heavy atom. The normalized spacial score (nSPS) is 17.2. The van der Waals surface area contributed by atoms with Crippen molar-refractivity contribution in [3.05, 3.63) is 28.2 Å². The van der Waals surface area contributed by atoms with Crippen molar-refractivity contribution in [1.29, 1.82) is 0 Å². The first-order chi connectivity index (χ1) is 10.3. The van der Waals surface area contributed by atoms with Gasteiger partial charge in [-0.3, -0.25) is 9.59 Å². The molecule has 0 aromatic heterocycles. The highest BCUT2D eigenvalue weighted by molar-refractivity contribution is 6.34. The lowest BCUT2D eigenvalue weighted by molar-refractivity contribution is -0.141. The third-order valence-corrected chi connectivity index (χ3v) is 4.14. The Bertz CT molecular complexity index is 567. The summed E-state index contributed by atoms with van der Waals surface area (Å²) in [6.45, 7) is 1.59. The van der Waals surface area contributed by atoms with Gasteiger partial charge in [0, 0.05) is 10.0 Å². The molecule has 0 heterocycles. The van der Waals surface area contributed by atoms with Gasteiger partial charge in [-0.05, 0) is 44.4 Å². The maximum absolute atomic E-state index is 12.2.